The lowest BCUT2D eigenvalue weighted by Gasteiger charge is -2.21. The Morgan fingerprint density at radius 1 is 1.40 bits per heavy atom. The molecule has 2 nitrogen and oxygen atoms in total. The lowest BCUT2D eigenvalue weighted by atomic mass is 10.00. The summed E-state index contributed by atoms with van der Waals surface area (Å²) in [6.07, 6.45) is 3.99. The Morgan fingerprint density at radius 2 is 2.00 bits per heavy atom. The Bertz CT molecular complexity index is 277. The number of rotatable bonds is 2. The number of aliphatic hydroxyl groups is 1. The van der Waals surface area contributed by atoms with Crippen LogP contribution in [-0.4, -0.2) is 30.3 Å². The summed E-state index contributed by atoms with van der Waals surface area (Å²) in [6, 6.07) is 0. The van der Waals surface area contributed by atoms with Crippen molar-refractivity contribution in [2.24, 2.45) is 0 Å². The summed E-state index contributed by atoms with van der Waals surface area (Å²) in [5.41, 5.74) is -0.307. The van der Waals surface area contributed by atoms with Gasteiger partial charge < -0.3 is 10.0 Å². The van der Waals surface area contributed by atoms with Crippen LogP contribution in [-0.2, 0) is 0 Å². The second kappa shape index (κ2) is 5.34. The van der Waals surface area contributed by atoms with E-state index in [4.69, 9.17) is 0 Å². The normalized spacial score (nSPS) is 21.3. The largest absolute Gasteiger partial charge is 0.374 e. The van der Waals surface area contributed by atoms with Crippen molar-refractivity contribution in [2.75, 3.05) is 19.6 Å². The molecule has 2 N–H and O–H groups in total. The van der Waals surface area contributed by atoms with E-state index in [2.05, 4.69) is 18.4 Å². The zero-order valence-corrected chi connectivity index (χ0v) is 9.90. The smallest absolute Gasteiger partial charge is 0.143 e. The quantitative estimate of drug-likeness (QED) is 0.498. The maximum absolute atomic E-state index is 9.84. The summed E-state index contributed by atoms with van der Waals surface area (Å²) in [5, 5.41) is 9.84. The van der Waals surface area contributed by atoms with Crippen LogP contribution in [0.25, 0.3) is 0 Å². The van der Waals surface area contributed by atoms with E-state index in [0.29, 0.717) is 5.57 Å². The molecule has 2 heteroatoms. The summed E-state index contributed by atoms with van der Waals surface area (Å²) < 4.78 is 0. The summed E-state index contributed by atoms with van der Waals surface area (Å²) in [7, 11) is 0. The number of quaternary nitrogens is 1. The van der Waals surface area contributed by atoms with Gasteiger partial charge in [-0.2, -0.15) is 0 Å². The minimum absolute atomic E-state index is 0.712. The predicted molar refractivity (Wildman–Crippen MR) is 62.6 cm³/mol. The van der Waals surface area contributed by atoms with Gasteiger partial charge >= 0.3 is 0 Å². The Balaban J connectivity index is 2.41. The van der Waals surface area contributed by atoms with Crippen LogP contribution in [0.1, 0.15) is 33.1 Å². The van der Waals surface area contributed by atoms with Crippen molar-refractivity contribution in [3.05, 3.63) is 12.2 Å². The second-order valence-electron chi connectivity index (χ2n) is 4.64. The van der Waals surface area contributed by atoms with Gasteiger partial charge in [-0.25, -0.2) is 0 Å². The van der Waals surface area contributed by atoms with Crippen molar-refractivity contribution < 1.29 is 10.0 Å². The minimum Gasteiger partial charge on any atom is -0.374 e. The van der Waals surface area contributed by atoms with Gasteiger partial charge in [-0.1, -0.05) is 12.5 Å². The molecule has 15 heavy (non-hydrogen) atoms. The van der Waals surface area contributed by atoms with Crippen LogP contribution in [0.5, 0.6) is 0 Å². The van der Waals surface area contributed by atoms with E-state index in [-0.39, 0.29) is 0 Å². The first-order chi connectivity index (χ1) is 7.02. The van der Waals surface area contributed by atoms with Crippen LogP contribution < -0.4 is 4.90 Å². The van der Waals surface area contributed by atoms with Gasteiger partial charge in [-0.15, -0.1) is 0 Å². The Hall–Kier alpha value is -0.780. The molecule has 1 saturated heterocycles. The van der Waals surface area contributed by atoms with E-state index in [1.54, 1.807) is 11.8 Å². The molecule has 0 amide bonds. The molecule has 0 radical (unpaired) electrons. The summed E-state index contributed by atoms with van der Waals surface area (Å²) in [4.78, 5) is 1.55. The third-order valence-electron chi connectivity index (χ3n) is 3.06. The molecule has 1 aliphatic heterocycles. The Morgan fingerprint density at radius 3 is 2.53 bits per heavy atom. The van der Waals surface area contributed by atoms with Crippen molar-refractivity contribution in [1.29, 1.82) is 0 Å². The monoisotopic (exact) mass is 208 g/mol. The molecule has 1 heterocycles. The van der Waals surface area contributed by atoms with Crippen LogP contribution in [0.2, 0.25) is 0 Å². The first-order valence-electron chi connectivity index (χ1n) is 5.74. The van der Waals surface area contributed by atoms with Crippen molar-refractivity contribution >= 4 is 0 Å². The lowest BCUT2D eigenvalue weighted by molar-refractivity contribution is -0.897. The van der Waals surface area contributed by atoms with Gasteiger partial charge in [0.05, 0.1) is 13.1 Å². The van der Waals surface area contributed by atoms with Crippen LogP contribution in [0.4, 0.5) is 0 Å². The van der Waals surface area contributed by atoms with Crippen LogP contribution >= 0.6 is 0 Å². The minimum atomic E-state index is -1.02. The van der Waals surface area contributed by atoms with Crippen LogP contribution in [0.15, 0.2) is 12.2 Å². The maximum atomic E-state index is 9.84. The zero-order chi connectivity index (χ0) is 11.3. The molecule has 0 aromatic rings. The molecule has 0 aliphatic carbocycles. The molecule has 1 fully saturated rings. The molecular weight excluding hydrogens is 186 g/mol. The predicted octanol–water partition coefficient (Wildman–Crippen LogP) is 0.386. The average molecular weight is 208 g/mol. The zero-order valence-electron chi connectivity index (χ0n) is 9.90. The summed E-state index contributed by atoms with van der Waals surface area (Å²) >= 11 is 0. The highest BCUT2D eigenvalue weighted by molar-refractivity contribution is 5.25. The van der Waals surface area contributed by atoms with Gasteiger partial charge in [0.1, 0.15) is 12.1 Å². The summed E-state index contributed by atoms with van der Waals surface area (Å²) in [6.45, 7) is 10.5. The van der Waals surface area contributed by atoms with Crippen molar-refractivity contribution in [1.82, 2.24) is 0 Å². The van der Waals surface area contributed by atoms with E-state index < -0.39 is 5.60 Å². The highest BCUT2D eigenvalue weighted by Gasteiger charge is 2.17. The highest BCUT2D eigenvalue weighted by atomic mass is 16.3. The Labute approximate surface area is 93.0 Å². The van der Waals surface area contributed by atoms with Gasteiger partial charge in [0, 0.05) is 0 Å². The third kappa shape index (κ3) is 4.07. The van der Waals surface area contributed by atoms with E-state index >= 15 is 0 Å². The Kier molecular flexibility index (Phi) is 4.38. The molecule has 0 bridgehead atoms. The topological polar surface area (TPSA) is 24.7 Å². The lowest BCUT2D eigenvalue weighted by Crippen LogP contribution is -3.12. The number of hydrogen-bond donors (Lipinski definition) is 2. The fraction of sp³-hybridized carbons (Fsp3) is 0.692. The van der Waals surface area contributed by atoms with Crippen molar-refractivity contribution in [2.45, 2.75) is 38.7 Å². The molecule has 0 saturated carbocycles. The molecule has 1 rings (SSSR count). The standard InChI is InChI=1S/C13H21NO/c1-12(2)13(3,15)8-7-11-14-9-5-4-6-10-14/h15H,1,4-6,9-11H2,2-3H3/p+1/t13-/m1/s1. The van der Waals surface area contributed by atoms with Crippen LogP contribution in [0, 0.1) is 11.8 Å². The van der Waals surface area contributed by atoms with Gasteiger partial charge in [-0.05, 0) is 44.6 Å². The highest BCUT2D eigenvalue weighted by Crippen LogP contribution is 2.11. The number of piperidine rings is 1. The van der Waals surface area contributed by atoms with E-state index in [0.717, 1.165) is 6.54 Å². The number of hydrogen-bond acceptors (Lipinski definition) is 1. The molecule has 84 valence electrons. The van der Waals surface area contributed by atoms with E-state index in [9.17, 15) is 5.11 Å². The van der Waals surface area contributed by atoms with Gasteiger partial charge in [0.15, 0.2) is 0 Å². The first kappa shape index (κ1) is 12.3. The number of likely N-dealkylation sites (tertiary alicyclic amines) is 1. The van der Waals surface area contributed by atoms with Crippen molar-refractivity contribution in [3.8, 4) is 11.8 Å². The van der Waals surface area contributed by atoms with Gasteiger partial charge in [0.2, 0.25) is 0 Å². The van der Waals surface area contributed by atoms with Gasteiger partial charge in [0.25, 0.3) is 0 Å². The molecule has 1 atom stereocenters. The van der Waals surface area contributed by atoms with Crippen molar-refractivity contribution in [3.63, 3.8) is 0 Å². The van der Waals surface area contributed by atoms with E-state index in [1.807, 2.05) is 6.92 Å². The van der Waals surface area contributed by atoms with Gasteiger partial charge in [-0.3, -0.25) is 0 Å². The molecule has 0 unspecified atom stereocenters. The molecule has 0 aromatic carbocycles. The molecular formula is C13H22NO+. The third-order valence-corrected chi connectivity index (χ3v) is 3.06. The molecule has 0 aromatic heterocycles. The second-order valence-corrected chi connectivity index (χ2v) is 4.64. The molecule has 1 aliphatic rings. The molecule has 0 spiro atoms. The van der Waals surface area contributed by atoms with E-state index in [1.165, 1.54) is 32.4 Å². The maximum Gasteiger partial charge on any atom is 0.143 e. The fourth-order valence-corrected chi connectivity index (χ4v) is 1.68. The number of nitrogens with one attached hydrogen (secondary N) is 1. The first-order valence-corrected chi connectivity index (χ1v) is 5.74. The SMILES string of the molecule is C=C(C)[C@](C)(O)C#CC[NH+]1CCCCC1. The van der Waals surface area contributed by atoms with Crippen LogP contribution in [0.3, 0.4) is 0 Å². The fourth-order valence-electron chi connectivity index (χ4n) is 1.68. The average Bonchev–Trinajstić information content (AvgIpc) is 2.19. The summed E-state index contributed by atoms with van der Waals surface area (Å²) in [5.74, 6) is 5.97.